The lowest BCUT2D eigenvalue weighted by molar-refractivity contribution is 0.0704. The summed E-state index contributed by atoms with van der Waals surface area (Å²) in [7, 11) is 0. The summed E-state index contributed by atoms with van der Waals surface area (Å²) in [6, 6.07) is 6.16. The van der Waals surface area contributed by atoms with Gasteiger partial charge in [-0.05, 0) is 44.0 Å². The molecule has 1 aliphatic rings. The van der Waals surface area contributed by atoms with Crippen LogP contribution in [0.1, 0.15) is 40.5 Å². The van der Waals surface area contributed by atoms with Gasteiger partial charge in [0, 0.05) is 30.3 Å². The standard InChI is InChI=1S/C18H17ClFN5O/c1-11-7-16(25-18(23-11)21-10-22-25)13-3-2-6-24(9-13)17(26)12-4-5-14(19)15(20)8-12/h4-5,7-8,10,13H,2-3,6,9H2,1H3. The summed E-state index contributed by atoms with van der Waals surface area (Å²) in [6.45, 7) is 3.10. The summed E-state index contributed by atoms with van der Waals surface area (Å²) in [5.74, 6) is -0.0926. The van der Waals surface area contributed by atoms with Crippen LogP contribution in [0.2, 0.25) is 5.02 Å². The molecule has 0 N–H and O–H groups in total. The van der Waals surface area contributed by atoms with E-state index in [4.69, 9.17) is 11.6 Å². The summed E-state index contributed by atoms with van der Waals surface area (Å²) >= 11 is 5.71. The number of fused-ring (bicyclic) bond motifs is 1. The predicted molar refractivity (Wildman–Crippen MR) is 94.8 cm³/mol. The van der Waals surface area contributed by atoms with Crippen LogP contribution in [0, 0.1) is 12.7 Å². The molecule has 3 aromatic rings. The van der Waals surface area contributed by atoms with Gasteiger partial charge in [-0.15, -0.1) is 0 Å². The third-order valence-corrected chi connectivity index (χ3v) is 5.01. The Labute approximate surface area is 154 Å². The first-order chi connectivity index (χ1) is 12.5. The number of aromatic nitrogens is 4. The van der Waals surface area contributed by atoms with Crippen LogP contribution in [-0.4, -0.2) is 43.5 Å². The van der Waals surface area contributed by atoms with Gasteiger partial charge in [-0.1, -0.05) is 11.6 Å². The van der Waals surface area contributed by atoms with Crippen molar-refractivity contribution in [3.8, 4) is 0 Å². The second kappa shape index (κ2) is 6.64. The summed E-state index contributed by atoms with van der Waals surface area (Å²) in [5, 5.41) is 4.27. The smallest absolute Gasteiger partial charge is 0.253 e. The number of likely N-dealkylation sites (tertiary alicyclic amines) is 1. The number of carbonyl (C=O) groups is 1. The molecule has 8 heteroatoms. The molecule has 1 atom stereocenters. The van der Waals surface area contributed by atoms with Crippen molar-refractivity contribution in [2.24, 2.45) is 0 Å². The summed E-state index contributed by atoms with van der Waals surface area (Å²) in [6.07, 6.45) is 3.29. The quantitative estimate of drug-likeness (QED) is 0.691. The average molecular weight is 374 g/mol. The highest BCUT2D eigenvalue weighted by atomic mass is 35.5. The first-order valence-corrected chi connectivity index (χ1v) is 8.82. The highest BCUT2D eigenvalue weighted by Gasteiger charge is 2.28. The van der Waals surface area contributed by atoms with Gasteiger partial charge in [0.05, 0.1) is 10.7 Å². The molecular weight excluding hydrogens is 357 g/mol. The van der Waals surface area contributed by atoms with E-state index in [1.54, 1.807) is 15.5 Å². The number of hydrogen-bond acceptors (Lipinski definition) is 4. The molecule has 1 fully saturated rings. The Morgan fingerprint density at radius 2 is 2.19 bits per heavy atom. The number of piperidine rings is 1. The Balaban J connectivity index is 1.62. The number of halogens is 2. The van der Waals surface area contributed by atoms with Crippen molar-refractivity contribution in [1.29, 1.82) is 0 Å². The fraction of sp³-hybridized carbons (Fsp3) is 0.333. The molecule has 1 aliphatic heterocycles. The van der Waals surface area contributed by atoms with Crippen LogP contribution in [0.15, 0.2) is 30.6 Å². The minimum Gasteiger partial charge on any atom is -0.338 e. The van der Waals surface area contributed by atoms with E-state index >= 15 is 0 Å². The minimum absolute atomic E-state index is 0.0129. The maximum Gasteiger partial charge on any atom is 0.253 e. The normalized spacial score (nSPS) is 17.7. The molecule has 0 saturated carbocycles. The average Bonchev–Trinajstić information content (AvgIpc) is 3.11. The van der Waals surface area contributed by atoms with E-state index in [0.29, 0.717) is 24.4 Å². The lowest BCUT2D eigenvalue weighted by atomic mass is 9.93. The molecule has 0 spiro atoms. The summed E-state index contributed by atoms with van der Waals surface area (Å²) < 4.78 is 15.4. The maximum absolute atomic E-state index is 13.7. The largest absolute Gasteiger partial charge is 0.338 e. The third kappa shape index (κ3) is 3.03. The van der Waals surface area contributed by atoms with Crippen molar-refractivity contribution < 1.29 is 9.18 Å². The van der Waals surface area contributed by atoms with Crippen molar-refractivity contribution in [3.63, 3.8) is 0 Å². The highest BCUT2D eigenvalue weighted by molar-refractivity contribution is 6.30. The SMILES string of the molecule is Cc1cc(C2CCCN(C(=O)c3ccc(Cl)c(F)c3)C2)n2ncnc2n1. The first kappa shape index (κ1) is 16.9. The minimum atomic E-state index is -0.583. The fourth-order valence-electron chi connectivity index (χ4n) is 3.46. The molecule has 0 bridgehead atoms. The third-order valence-electron chi connectivity index (χ3n) is 4.70. The second-order valence-corrected chi connectivity index (χ2v) is 6.92. The van der Waals surface area contributed by atoms with Crippen LogP contribution in [0.4, 0.5) is 4.39 Å². The van der Waals surface area contributed by atoms with Gasteiger partial charge >= 0.3 is 0 Å². The number of rotatable bonds is 2. The van der Waals surface area contributed by atoms with Crippen LogP contribution in [-0.2, 0) is 0 Å². The van der Waals surface area contributed by atoms with Crippen molar-refractivity contribution in [1.82, 2.24) is 24.5 Å². The number of nitrogens with zero attached hydrogens (tertiary/aromatic N) is 5. The molecule has 134 valence electrons. The van der Waals surface area contributed by atoms with Crippen molar-refractivity contribution >= 4 is 23.3 Å². The summed E-state index contributed by atoms with van der Waals surface area (Å²) in [5.41, 5.74) is 2.16. The number of hydrogen-bond donors (Lipinski definition) is 0. The molecule has 0 radical (unpaired) electrons. The van der Waals surface area contributed by atoms with Gasteiger partial charge in [-0.25, -0.2) is 13.9 Å². The summed E-state index contributed by atoms with van der Waals surface area (Å²) in [4.78, 5) is 23.1. The number of amides is 1. The molecule has 26 heavy (non-hydrogen) atoms. The molecule has 3 heterocycles. The zero-order valence-electron chi connectivity index (χ0n) is 14.2. The Hall–Kier alpha value is -2.54. The van der Waals surface area contributed by atoms with Crippen LogP contribution < -0.4 is 0 Å². The van der Waals surface area contributed by atoms with E-state index in [-0.39, 0.29) is 16.8 Å². The monoisotopic (exact) mass is 373 g/mol. The molecule has 6 nitrogen and oxygen atoms in total. The van der Waals surface area contributed by atoms with Crippen LogP contribution in [0.3, 0.4) is 0 Å². The Bertz CT molecular complexity index is 989. The van der Waals surface area contributed by atoms with Gasteiger partial charge in [0.2, 0.25) is 0 Å². The van der Waals surface area contributed by atoms with E-state index in [1.807, 2.05) is 13.0 Å². The molecule has 1 saturated heterocycles. The lowest BCUT2D eigenvalue weighted by Crippen LogP contribution is -2.39. The van der Waals surface area contributed by atoms with Crippen LogP contribution in [0.25, 0.3) is 5.78 Å². The highest BCUT2D eigenvalue weighted by Crippen LogP contribution is 2.28. The molecule has 1 amide bonds. The number of aryl methyl sites for hydroxylation is 1. The zero-order valence-corrected chi connectivity index (χ0v) is 14.9. The van der Waals surface area contributed by atoms with E-state index in [0.717, 1.165) is 24.2 Å². The van der Waals surface area contributed by atoms with Gasteiger partial charge in [-0.2, -0.15) is 10.1 Å². The first-order valence-electron chi connectivity index (χ1n) is 8.44. The van der Waals surface area contributed by atoms with Gasteiger partial charge in [0.1, 0.15) is 12.1 Å². The Morgan fingerprint density at radius 1 is 1.35 bits per heavy atom. The van der Waals surface area contributed by atoms with Crippen molar-refractivity contribution in [2.75, 3.05) is 13.1 Å². The van der Waals surface area contributed by atoms with E-state index in [1.165, 1.54) is 18.5 Å². The van der Waals surface area contributed by atoms with Gasteiger partial charge < -0.3 is 4.90 Å². The molecule has 2 aromatic heterocycles. The molecule has 0 aliphatic carbocycles. The zero-order chi connectivity index (χ0) is 18.3. The predicted octanol–water partition coefficient (Wildman–Crippen LogP) is 3.25. The van der Waals surface area contributed by atoms with Gasteiger partial charge in [0.15, 0.2) is 0 Å². The molecule has 1 aromatic carbocycles. The van der Waals surface area contributed by atoms with E-state index in [9.17, 15) is 9.18 Å². The molecule has 1 unspecified atom stereocenters. The van der Waals surface area contributed by atoms with Gasteiger partial charge in [0.25, 0.3) is 11.7 Å². The topological polar surface area (TPSA) is 63.4 Å². The van der Waals surface area contributed by atoms with Crippen LogP contribution in [0.5, 0.6) is 0 Å². The number of carbonyl (C=O) groups excluding carboxylic acids is 1. The molecular formula is C18H17ClFN5O. The number of benzene rings is 1. The van der Waals surface area contributed by atoms with Crippen molar-refractivity contribution in [3.05, 3.63) is 58.4 Å². The van der Waals surface area contributed by atoms with E-state index < -0.39 is 5.82 Å². The molecule has 4 rings (SSSR count). The maximum atomic E-state index is 13.7. The lowest BCUT2D eigenvalue weighted by Gasteiger charge is -2.33. The second-order valence-electron chi connectivity index (χ2n) is 6.51. The fourth-order valence-corrected chi connectivity index (χ4v) is 3.58. The van der Waals surface area contributed by atoms with E-state index in [2.05, 4.69) is 15.1 Å². The van der Waals surface area contributed by atoms with Crippen molar-refractivity contribution in [2.45, 2.75) is 25.7 Å². The van der Waals surface area contributed by atoms with Gasteiger partial charge in [-0.3, -0.25) is 4.79 Å². The Morgan fingerprint density at radius 3 is 3.00 bits per heavy atom. The van der Waals surface area contributed by atoms with Crippen LogP contribution >= 0.6 is 11.6 Å². The Kier molecular flexibility index (Phi) is 4.32.